The van der Waals surface area contributed by atoms with E-state index in [4.69, 9.17) is 0 Å². The third-order valence-electron chi connectivity index (χ3n) is 4.64. The summed E-state index contributed by atoms with van der Waals surface area (Å²) in [6, 6.07) is 12.9. The lowest BCUT2D eigenvalue weighted by Crippen LogP contribution is -2.14. The predicted octanol–water partition coefficient (Wildman–Crippen LogP) is 4.26. The van der Waals surface area contributed by atoms with Crippen LogP contribution in [0.1, 0.15) is 28.8 Å². The highest BCUT2D eigenvalue weighted by atomic mass is 16.4. The summed E-state index contributed by atoms with van der Waals surface area (Å²) >= 11 is 0. The molecule has 1 fully saturated rings. The lowest BCUT2D eigenvalue weighted by atomic mass is 9.96. The number of nitrogens with zero attached hydrogens (tertiary/aromatic N) is 1. The van der Waals surface area contributed by atoms with E-state index < -0.39 is 5.97 Å². The number of carbonyl (C=O) groups excluding carboxylic acids is 1. The van der Waals surface area contributed by atoms with Gasteiger partial charge in [0, 0.05) is 17.5 Å². The average molecular weight is 346 g/mol. The SMILES string of the molecule is Cc1ccc(C(=O)O)c(-c2ccc3cc(NC(=O)C4CC4)ncc3c2)c1. The fourth-order valence-corrected chi connectivity index (χ4v) is 3.03. The zero-order valence-corrected chi connectivity index (χ0v) is 14.3. The van der Waals surface area contributed by atoms with Crippen molar-refractivity contribution in [3.63, 3.8) is 0 Å². The molecule has 2 aromatic carbocycles. The first-order chi connectivity index (χ1) is 12.5. The summed E-state index contributed by atoms with van der Waals surface area (Å²) in [4.78, 5) is 27.7. The normalized spacial score (nSPS) is 13.6. The Labute approximate surface area is 150 Å². The number of anilines is 1. The average Bonchev–Trinajstić information content (AvgIpc) is 3.46. The van der Waals surface area contributed by atoms with Crippen LogP contribution in [-0.4, -0.2) is 22.0 Å². The molecule has 1 aliphatic rings. The standard InChI is InChI=1S/C21H18N2O3/c1-12-2-7-17(21(25)26)18(8-12)15-6-5-14-10-19(22-11-16(14)9-15)23-20(24)13-3-4-13/h2,5-11,13H,3-4H2,1H3,(H,25,26)(H,22,23,24). The van der Waals surface area contributed by atoms with Crippen molar-refractivity contribution < 1.29 is 14.7 Å². The fraction of sp³-hybridized carbons (Fsp3) is 0.190. The van der Waals surface area contributed by atoms with Crippen LogP contribution in [0.4, 0.5) is 5.82 Å². The molecule has 0 aliphatic heterocycles. The largest absolute Gasteiger partial charge is 0.478 e. The molecule has 5 heteroatoms. The fourth-order valence-electron chi connectivity index (χ4n) is 3.03. The molecule has 2 N–H and O–H groups in total. The molecule has 4 rings (SSSR count). The van der Waals surface area contributed by atoms with Crippen molar-refractivity contribution >= 4 is 28.5 Å². The third-order valence-corrected chi connectivity index (χ3v) is 4.64. The highest BCUT2D eigenvalue weighted by Gasteiger charge is 2.29. The van der Waals surface area contributed by atoms with Gasteiger partial charge in [0.2, 0.25) is 5.91 Å². The van der Waals surface area contributed by atoms with Crippen LogP contribution in [0.15, 0.2) is 48.7 Å². The van der Waals surface area contributed by atoms with Gasteiger partial charge in [0.05, 0.1) is 5.56 Å². The van der Waals surface area contributed by atoms with E-state index in [-0.39, 0.29) is 17.4 Å². The number of carbonyl (C=O) groups is 2. The summed E-state index contributed by atoms with van der Waals surface area (Å²) < 4.78 is 0. The molecule has 1 saturated carbocycles. The Kier molecular flexibility index (Phi) is 3.92. The number of carboxylic acids is 1. The van der Waals surface area contributed by atoms with Crippen molar-refractivity contribution in [3.05, 3.63) is 59.8 Å². The molecule has 0 atom stereocenters. The van der Waals surface area contributed by atoms with Gasteiger partial charge in [-0.1, -0.05) is 29.8 Å². The van der Waals surface area contributed by atoms with Gasteiger partial charge < -0.3 is 10.4 Å². The molecular weight excluding hydrogens is 328 g/mol. The molecule has 130 valence electrons. The summed E-state index contributed by atoms with van der Waals surface area (Å²) in [5.41, 5.74) is 2.79. The van der Waals surface area contributed by atoms with Gasteiger partial charge in [-0.2, -0.15) is 0 Å². The van der Waals surface area contributed by atoms with E-state index in [0.717, 1.165) is 34.7 Å². The zero-order chi connectivity index (χ0) is 18.3. The summed E-state index contributed by atoms with van der Waals surface area (Å²) in [5, 5.41) is 14.1. The first-order valence-corrected chi connectivity index (χ1v) is 8.56. The van der Waals surface area contributed by atoms with E-state index in [2.05, 4.69) is 10.3 Å². The molecule has 26 heavy (non-hydrogen) atoms. The second-order valence-corrected chi connectivity index (χ2v) is 6.75. The molecule has 1 aromatic heterocycles. The van der Waals surface area contributed by atoms with Gasteiger partial charge >= 0.3 is 5.97 Å². The summed E-state index contributed by atoms with van der Waals surface area (Å²) in [7, 11) is 0. The van der Waals surface area contributed by atoms with Crippen LogP contribution in [0.25, 0.3) is 21.9 Å². The molecule has 0 unspecified atom stereocenters. The Balaban J connectivity index is 1.71. The Morgan fingerprint density at radius 1 is 1.08 bits per heavy atom. The van der Waals surface area contributed by atoms with Crippen molar-refractivity contribution in [3.8, 4) is 11.1 Å². The lowest BCUT2D eigenvalue weighted by Gasteiger charge is -2.10. The van der Waals surface area contributed by atoms with Crippen molar-refractivity contribution in [1.29, 1.82) is 0 Å². The molecule has 0 saturated heterocycles. The number of hydrogen-bond donors (Lipinski definition) is 2. The second kappa shape index (κ2) is 6.26. The van der Waals surface area contributed by atoms with Crippen molar-refractivity contribution in [1.82, 2.24) is 4.98 Å². The first-order valence-electron chi connectivity index (χ1n) is 8.56. The monoisotopic (exact) mass is 346 g/mol. The van der Waals surface area contributed by atoms with E-state index >= 15 is 0 Å². The molecule has 1 heterocycles. The maximum Gasteiger partial charge on any atom is 0.336 e. The number of hydrogen-bond acceptors (Lipinski definition) is 3. The number of rotatable bonds is 4. The molecule has 5 nitrogen and oxygen atoms in total. The van der Waals surface area contributed by atoms with Crippen LogP contribution in [0.3, 0.4) is 0 Å². The molecular formula is C21H18N2O3. The van der Waals surface area contributed by atoms with Crippen molar-refractivity contribution in [2.75, 3.05) is 5.32 Å². The molecule has 3 aromatic rings. The van der Waals surface area contributed by atoms with Gasteiger partial charge in [-0.25, -0.2) is 9.78 Å². The minimum Gasteiger partial charge on any atom is -0.478 e. The second-order valence-electron chi connectivity index (χ2n) is 6.75. The van der Waals surface area contributed by atoms with E-state index in [9.17, 15) is 14.7 Å². The van der Waals surface area contributed by atoms with Crippen LogP contribution in [0.2, 0.25) is 0 Å². The Hall–Kier alpha value is -3.21. The molecule has 1 aliphatic carbocycles. The predicted molar refractivity (Wildman–Crippen MR) is 100 cm³/mol. The Morgan fingerprint density at radius 2 is 1.88 bits per heavy atom. The van der Waals surface area contributed by atoms with Crippen molar-refractivity contribution in [2.24, 2.45) is 5.92 Å². The third kappa shape index (κ3) is 3.16. The molecule has 1 amide bonds. The number of nitrogens with one attached hydrogen (secondary N) is 1. The van der Waals surface area contributed by atoms with E-state index in [0.29, 0.717) is 11.4 Å². The van der Waals surface area contributed by atoms with Crippen molar-refractivity contribution in [2.45, 2.75) is 19.8 Å². The quantitative estimate of drug-likeness (QED) is 0.740. The maximum atomic E-state index is 11.9. The topological polar surface area (TPSA) is 79.3 Å². The van der Waals surface area contributed by atoms with Gasteiger partial charge in [-0.05, 0) is 54.5 Å². The van der Waals surface area contributed by atoms with Gasteiger partial charge in [-0.15, -0.1) is 0 Å². The lowest BCUT2D eigenvalue weighted by molar-refractivity contribution is -0.117. The number of fused-ring (bicyclic) bond motifs is 1. The van der Waals surface area contributed by atoms with Crippen LogP contribution >= 0.6 is 0 Å². The maximum absolute atomic E-state index is 11.9. The van der Waals surface area contributed by atoms with Crippen LogP contribution < -0.4 is 5.32 Å². The zero-order valence-electron chi connectivity index (χ0n) is 14.3. The summed E-state index contributed by atoms with van der Waals surface area (Å²) in [5.74, 6) is -0.245. The number of aryl methyl sites for hydroxylation is 1. The van der Waals surface area contributed by atoms with Crippen LogP contribution in [0.5, 0.6) is 0 Å². The Bertz CT molecular complexity index is 1040. The molecule has 0 bridgehead atoms. The number of amides is 1. The van der Waals surface area contributed by atoms with Gasteiger partial charge in [0.15, 0.2) is 0 Å². The number of aromatic nitrogens is 1. The van der Waals surface area contributed by atoms with E-state index in [1.807, 2.05) is 37.3 Å². The molecule has 0 spiro atoms. The van der Waals surface area contributed by atoms with Gasteiger partial charge in [0.25, 0.3) is 0 Å². The van der Waals surface area contributed by atoms with Gasteiger partial charge in [-0.3, -0.25) is 4.79 Å². The highest BCUT2D eigenvalue weighted by molar-refractivity contribution is 5.99. The summed E-state index contributed by atoms with van der Waals surface area (Å²) in [6.45, 7) is 1.94. The minimum absolute atomic E-state index is 0.0272. The van der Waals surface area contributed by atoms with Crippen LogP contribution in [-0.2, 0) is 4.79 Å². The van der Waals surface area contributed by atoms with E-state index in [1.54, 1.807) is 18.3 Å². The molecule has 0 radical (unpaired) electrons. The first kappa shape index (κ1) is 16.3. The number of carboxylic acid groups (broad SMARTS) is 1. The minimum atomic E-state index is -0.948. The van der Waals surface area contributed by atoms with Gasteiger partial charge in [0.1, 0.15) is 5.82 Å². The number of aromatic carboxylic acids is 1. The summed E-state index contributed by atoms with van der Waals surface area (Å²) in [6.07, 6.45) is 3.61. The van der Waals surface area contributed by atoms with Crippen LogP contribution in [0, 0.1) is 12.8 Å². The van der Waals surface area contributed by atoms with E-state index in [1.165, 1.54) is 0 Å². The number of benzene rings is 2. The Morgan fingerprint density at radius 3 is 2.62 bits per heavy atom. The smallest absolute Gasteiger partial charge is 0.336 e. The number of pyridine rings is 1. The highest BCUT2D eigenvalue weighted by Crippen LogP contribution is 2.31.